The summed E-state index contributed by atoms with van der Waals surface area (Å²) in [6, 6.07) is 0. The van der Waals surface area contributed by atoms with Gasteiger partial charge in [0, 0.05) is 5.88 Å². The van der Waals surface area contributed by atoms with Crippen LogP contribution in [0.2, 0.25) is 0 Å². The van der Waals surface area contributed by atoms with E-state index >= 15 is 0 Å². The molecule has 0 aromatic carbocycles. The monoisotopic (exact) mass is 443 g/mol. The van der Waals surface area contributed by atoms with Gasteiger partial charge in [-0.25, -0.2) is 9.55 Å². The van der Waals surface area contributed by atoms with Gasteiger partial charge in [0.15, 0.2) is 11.8 Å². The fourth-order valence-electron chi connectivity index (χ4n) is 3.55. The molecule has 2 aromatic heterocycles. The first-order valence-electron chi connectivity index (χ1n) is 9.52. The topological polar surface area (TPSA) is 161 Å². The number of aromatic nitrogens is 4. The molecule has 1 saturated heterocycles. The maximum absolute atomic E-state index is 12.3. The smallest absolute Gasteiger partial charge is 0.488 e. The second-order valence-electron chi connectivity index (χ2n) is 7.58. The number of rotatable bonds is 8. The second kappa shape index (κ2) is 9.04. The molecule has 0 amide bonds. The molecule has 2 aromatic rings. The van der Waals surface area contributed by atoms with E-state index in [4.69, 9.17) is 24.5 Å². The first-order chi connectivity index (χ1) is 14.1. The van der Waals surface area contributed by atoms with Crippen LogP contribution >= 0.6 is 8.25 Å². The zero-order valence-electron chi connectivity index (χ0n) is 17.4. The van der Waals surface area contributed by atoms with Crippen molar-refractivity contribution in [1.29, 1.82) is 0 Å². The zero-order chi connectivity index (χ0) is 22.2. The van der Waals surface area contributed by atoms with Gasteiger partial charge < -0.3 is 29.9 Å². The third-order valence-corrected chi connectivity index (χ3v) is 4.87. The van der Waals surface area contributed by atoms with Gasteiger partial charge in [0.05, 0.1) is 19.3 Å². The number of nitrogens with two attached hydrogens (primary N) is 1. The van der Waals surface area contributed by atoms with Crippen molar-refractivity contribution in [2.45, 2.75) is 64.4 Å². The minimum absolute atomic E-state index is 0.162. The zero-order valence-corrected chi connectivity index (χ0v) is 18.3. The van der Waals surface area contributed by atoms with E-state index in [0.717, 1.165) is 0 Å². The van der Waals surface area contributed by atoms with Crippen LogP contribution in [0.1, 0.15) is 33.9 Å². The Hall–Kier alpha value is -1.95. The number of aryl methyl sites for hydroxylation is 1. The molecule has 0 aliphatic carbocycles. The van der Waals surface area contributed by atoms with E-state index in [0.29, 0.717) is 0 Å². The summed E-state index contributed by atoms with van der Waals surface area (Å²) >= 11 is 0. The number of anilines is 1. The third kappa shape index (κ3) is 4.69. The fraction of sp³-hybridized carbons (Fsp3) is 0.706. The average molecular weight is 443 g/mol. The van der Waals surface area contributed by atoms with Crippen molar-refractivity contribution in [3.8, 4) is 5.88 Å². The minimum atomic E-state index is -3.05. The van der Waals surface area contributed by atoms with E-state index in [1.165, 1.54) is 0 Å². The molecular formula is C17H26N5O7P. The van der Waals surface area contributed by atoms with E-state index in [1.807, 2.05) is 27.7 Å². The Morgan fingerprint density at radius 3 is 2.50 bits per heavy atom. The molecule has 1 fully saturated rings. The lowest BCUT2D eigenvalue weighted by molar-refractivity contribution is -0.746. The lowest BCUT2D eigenvalue weighted by atomic mass is 10.1. The number of nitrogen functional groups attached to an aromatic ring is 1. The Bertz CT molecular complexity index is 922. The Labute approximate surface area is 174 Å². The predicted molar refractivity (Wildman–Crippen MR) is 100 cm³/mol. The van der Waals surface area contributed by atoms with Crippen LogP contribution in [0.3, 0.4) is 0 Å². The van der Waals surface area contributed by atoms with Crippen molar-refractivity contribution in [3.05, 3.63) is 6.33 Å². The molecule has 13 heteroatoms. The van der Waals surface area contributed by atoms with Crippen molar-refractivity contribution in [2.24, 2.45) is 7.05 Å². The van der Waals surface area contributed by atoms with E-state index in [2.05, 4.69) is 9.97 Å². The first-order valence-corrected chi connectivity index (χ1v) is 10.6. The van der Waals surface area contributed by atoms with Gasteiger partial charge in [0.1, 0.15) is 24.9 Å². The molecule has 166 valence electrons. The van der Waals surface area contributed by atoms with Crippen molar-refractivity contribution < 1.29 is 37.9 Å². The summed E-state index contributed by atoms with van der Waals surface area (Å²) in [5, 5.41) is 12.3. The molecule has 5 unspecified atom stereocenters. The van der Waals surface area contributed by atoms with Crippen LogP contribution in [0.15, 0.2) is 6.33 Å². The number of imidazole rings is 1. The van der Waals surface area contributed by atoms with Gasteiger partial charge in [-0.15, -0.1) is 4.52 Å². The van der Waals surface area contributed by atoms with Crippen molar-refractivity contribution >= 4 is 25.4 Å². The summed E-state index contributed by atoms with van der Waals surface area (Å²) in [5.41, 5.74) is 6.21. The first kappa shape index (κ1) is 22.7. The summed E-state index contributed by atoms with van der Waals surface area (Å²) in [4.78, 5) is 18.8. The van der Waals surface area contributed by atoms with Gasteiger partial charge in [0.2, 0.25) is 6.23 Å². The molecule has 0 saturated carbocycles. The van der Waals surface area contributed by atoms with Crippen LogP contribution in [0, 0.1) is 0 Å². The largest absolute Gasteiger partial charge is 0.856 e. The molecule has 3 heterocycles. The Morgan fingerprint density at radius 1 is 1.27 bits per heavy atom. The van der Waals surface area contributed by atoms with Crippen LogP contribution in [-0.2, 0) is 30.3 Å². The highest BCUT2D eigenvalue weighted by Gasteiger charge is 2.51. The maximum Gasteiger partial charge on any atom is 0.488 e. The molecule has 1 aliphatic rings. The number of nitrogens with zero attached hydrogens (tertiary/aromatic N) is 4. The SMILES string of the molecule is CC(C)OC1C(CO[P+](=O)[O-])OC([n+]2cn(C)c3c([O-])nc(N)nc32)C1OC(C)C. The van der Waals surface area contributed by atoms with E-state index in [1.54, 1.807) is 22.5 Å². The second-order valence-corrected chi connectivity index (χ2v) is 8.28. The van der Waals surface area contributed by atoms with Crippen LogP contribution < -0.4 is 20.3 Å². The van der Waals surface area contributed by atoms with Gasteiger partial charge in [-0.05, 0) is 32.3 Å². The highest BCUT2D eigenvalue weighted by atomic mass is 31.1. The molecule has 0 spiro atoms. The molecule has 3 rings (SSSR count). The summed E-state index contributed by atoms with van der Waals surface area (Å²) < 4.78 is 37.2. The number of fused-ring (bicyclic) bond motifs is 1. The predicted octanol–water partition coefficient (Wildman–Crippen LogP) is -0.569. The van der Waals surface area contributed by atoms with Crippen molar-refractivity contribution in [1.82, 2.24) is 14.5 Å². The van der Waals surface area contributed by atoms with Crippen molar-refractivity contribution in [2.75, 3.05) is 12.3 Å². The average Bonchev–Trinajstić information content (AvgIpc) is 3.10. The summed E-state index contributed by atoms with van der Waals surface area (Å²) in [7, 11) is -1.38. The summed E-state index contributed by atoms with van der Waals surface area (Å²) in [5.74, 6) is -0.679. The third-order valence-electron chi connectivity index (χ3n) is 4.51. The van der Waals surface area contributed by atoms with Gasteiger partial charge in [-0.1, -0.05) is 4.98 Å². The molecule has 12 nitrogen and oxygen atoms in total. The van der Waals surface area contributed by atoms with Crippen LogP contribution in [0.4, 0.5) is 5.95 Å². The van der Waals surface area contributed by atoms with Crippen LogP contribution in [0.5, 0.6) is 5.88 Å². The highest BCUT2D eigenvalue weighted by molar-refractivity contribution is 7.30. The van der Waals surface area contributed by atoms with E-state index in [-0.39, 0.29) is 35.9 Å². The number of hydrogen-bond donors (Lipinski definition) is 1. The number of ether oxygens (including phenoxy) is 3. The van der Waals surface area contributed by atoms with E-state index in [9.17, 15) is 14.6 Å². The Morgan fingerprint density at radius 2 is 1.90 bits per heavy atom. The van der Waals surface area contributed by atoms with E-state index < -0.39 is 38.7 Å². The lowest BCUT2D eigenvalue weighted by Crippen LogP contribution is -2.48. The highest BCUT2D eigenvalue weighted by Crippen LogP contribution is 2.34. The maximum atomic E-state index is 12.3. The summed E-state index contributed by atoms with van der Waals surface area (Å²) in [6.45, 7) is 7.21. The molecule has 30 heavy (non-hydrogen) atoms. The Balaban J connectivity index is 2.07. The fourth-order valence-corrected chi connectivity index (χ4v) is 3.82. The van der Waals surface area contributed by atoms with Gasteiger partial charge >= 0.3 is 13.9 Å². The van der Waals surface area contributed by atoms with Crippen LogP contribution in [0.25, 0.3) is 11.2 Å². The molecule has 5 atom stereocenters. The molecule has 0 radical (unpaired) electrons. The molecule has 2 N–H and O–H groups in total. The summed E-state index contributed by atoms with van der Waals surface area (Å²) in [6.07, 6.45) is -1.49. The normalized spacial score (nSPS) is 25.0. The number of hydrogen-bond acceptors (Lipinski definition) is 10. The molecule has 0 bridgehead atoms. The quantitative estimate of drug-likeness (QED) is 0.413. The molecule has 1 aliphatic heterocycles. The van der Waals surface area contributed by atoms with Crippen LogP contribution in [-0.4, -0.2) is 51.7 Å². The van der Waals surface area contributed by atoms with Gasteiger partial charge in [-0.2, -0.15) is 0 Å². The lowest BCUT2D eigenvalue weighted by Gasteiger charge is -2.26. The standard InChI is InChI=1S/C17H26N5O7P/c1-8(2)27-12-10(6-26-30(24)25)29-16(13(12)28-9(3)4)22-7-21(5)11-14(22)19-17(18)20-15(11)23/h7-10,12-13,16H,6H2,1-5H3,(H2-,18,19,20,23). The van der Waals surface area contributed by atoms with Crippen molar-refractivity contribution in [3.63, 3.8) is 0 Å². The Kier molecular flexibility index (Phi) is 6.85. The van der Waals surface area contributed by atoms with Gasteiger partial charge in [-0.3, -0.25) is 4.57 Å². The molecular weight excluding hydrogens is 417 g/mol. The minimum Gasteiger partial charge on any atom is -0.856 e. The van der Waals surface area contributed by atoms with Gasteiger partial charge in [0.25, 0.3) is 5.95 Å².